The van der Waals surface area contributed by atoms with Gasteiger partial charge in [-0.3, -0.25) is 4.79 Å². The van der Waals surface area contributed by atoms with Gasteiger partial charge >= 0.3 is 0 Å². The van der Waals surface area contributed by atoms with Crippen molar-refractivity contribution in [1.82, 2.24) is 10.6 Å². The molecule has 1 saturated heterocycles. The van der Waals surface area contributed by atoms with E-state index in [-0.39, 0.29) is 18.3 Å². The van der Waals surface area contributed by atoms with E-state index in [4.69, 9.17) is 16.0 Å². The summed E-state index contributed by atoms with van der Waals surface area (Å²) in [5.41, 5.74) is 0.676. The number of hydrogen-bond donors (Lipinski definition) is 2. The summed E-state index contributed by atoms with van der Waals surface area (Å²) in [7, 11) is 0. The molecule has 0 bridgehead atoms. The first-order chi connectivity index (χ1) is 8.72. The summed E-state index contributed by atoms with van der Waals surface area (Å²) in [6.07, 6.45) is 0. The lowest BCUT2D eigenvalue weighted by Gasteiger charge is -2.26. The number of halogens is 2. The van der Waals surface area contributed by atoms with Crippen LogP contribution in [0, 0.1) is 5.92 Å². The number of amides is 1. The Bertz CT molecular complexity index is 593. The van der Waals surface area contributed by atoms with Gasteiger partial charge in [-0.2, -0.15) is 0 Å². The summed E-state index contributed by atoms with van der Waals surface area (Å²) in [6.45, 7) is 2.62. The van der Waals surface area contributed by atoms with Gasteiger partial charge in [0.05, 0.1) is 0 Å². The number of carbonyl (C=O) groups is 1. The molecule has 6 heteroatoms. The molecule has 19 heavy (non-hydrogen) atoms. The average Bonchev–Trinajstić information content (AvgIpc) is 2.69. The molecule has 0 radical (unpaired) electrons. The van der Waals surface area contributed by atoms with E-state index in [9.17, 15) is 4.79 Å². The van der Waals surface area contributed by atoms with E-state index in [0.29, 0.717) is 28.8 Å². The van der Waals surface area contributed by atoms with Gasteiger partial charge in [0.2, 0.25) is 0 Å². The first kappa shape index (κ1) is 14.2. The molecule has 2 heterocycles. The minimum atomic E-state index is -0.172. The summed E-state index contributed by atoms with van der Waals surface area (Å²) in [5.74, 6) is 0.696. The minimum Gasteiger partial charge on any atom is -0.451 e. The lowest BCUT2D eigenvalue weighted by molar-refractivity contribution is 0.0916. The van der Waals surface area contributed by atoms with Gasteiger partial charge in [0.15, 0.2) is 5.76 Å². The molecular weight excluding hydrogens is 287 g/mol. The van der Waals surface area contributed by atoms with Crippen LogP contribution in [0.3, 0.4) is 0 Å². The second-order valence-electron chi connectivity index (χ2n) is 4.53. The van der Waals surface area contributed by atoms with Gasteiger partial charge < -0.3 is 15.1 Å². The van der Waals surface area contributed by atoms with Crippen LogP contribution in [0.2, 0.25) is 5.02 Å². The van der Waals surface area contributed by atoms with Crippen LogP contribution in [-0.4, -0.2) is 25.5 Å². The van der Waals surface area contributed by atoms with Crippen LogP contribution in [-0.2, 0) is 0 Å². The summed E-state index contributed by atoms with van der Waals surface area (Å²) in [6, 6.07) is 7.02. The molecule has 0 saturated carbocycles. The number of rotatable bonds is 3. The quantitative estimate of drug-likeness (QED) is 0.915. The number of benzene rings is 1. The van der Waals surface area contributed by atoms with Crippen LogP contribution in [0.1, 0.15) is 10.6 Å². The van der Waals surface area contributed by atoms with Gasteiger partial charge in [-0.25, -0.2) is 0 Å². The molecule has 102 valence electrons. The Kier molecular flexibility index (Phi) is 4.34. The highest BCUT2D eigenvalue weighted by Gasteiger charge is 2.19. The molecule has 2 aromatic rings. The predicted octanol–water partition coefficient (Wildman–Crippen LogP) is 2.46. The Morgan fingerprint density at radius 3 is 2.89 bits per heavy atom. The molecule has 1 aliphatic rings. The predicted molar refractivity (Wildman–Crippen MR) is 77.2 cm³/mol. The van der Waals surface area contributed by atoms with Crippen molar-refractivity contribution >= 4 is 40.9 Å². The maximum Gasteiger partial charge on any atom is 0.287 e. The molecule has 3 rings (SSSR count). The van der Waals surface area contributed by atoms with Crippen molar-refractivity contribution < 1.29 is 9.21 Å². The summed E-state index contributed by atoms with van der Waals surface area (Å²) in [4.78, 5) is 11.9. The minimum absolute atomic E-state index is 0. The van der Waals surface area contributed by atoms with Crippen LogP contribution >= 0.6 is 24.0 Å². The smallest absolute Gasteiger partial charge is 0.287 e. The first-order valence-corrected chi connectivity index (χ1v) is 6.28. The van der Waals surface area contributed by atoms with E-state index in [0.717, 1.165) is 18.5 Å². The van der Waals surface area contributed by atoms with Gasteiger partial charge in [-0.15, -0.1) is 12.4 Å². The van der Waals surface area contributed by atoms with Crippen LogP contribution in [0.4, 0.5) is 0 Å². The van der Waals surface area contributed by atoms with E-state index >= 15 is 0 Å². The van der Waals surface area contributed by atoms with Gasteiger partial charge in [0.1, 0.15) is 5.58 Å². The van der Waals surface area contributed by atoms with Crippen molar-refractivity contribution in [3.05, 3.63) is 35.0 Å². The Labute approximate surface area is 121 Å². The second-order valence-corrected chi connectivity index (χ2v) is 4.96. The Morgan fingerprint density at radius 2 is 2.21 bits per heavy atom. The van der Waals surface area contributed by atoms with Gasteiger partial charge in [0.25, 0.3) is 5.91 Å². The summed E-state index contributed by atoms with van der Waals surface area (Å²) >= 11 is 5.89. The Balaban J connectivity index is 0.00000133. The molecule has 0 spiro atoms. The van der Waals surface area contributed by atoms with Crippen LogP contribution in [0.5, 0.6) is 0 Å². The highest BCUT2D eigenvalue weighted by atomic mass is 35.5. The molecule has 1 aromatic heterocycles. The van der Waals surface area contributed by atoms with Crippen LogP contribution in [0.15, 0.2) is 28.7 Å². The molecule has 0 aliphatic carbocycles. The highest BCUT2D eigenvalue weighted by Crippen LogP contribution is 2.22. The molecule has 4 nitrogen and oxygen atoms in total. The van der Waals surface area contributed by atoms with Crippen molar-refractivity contribution in [3.8, 4) is 0 Å². The molecule has 0 unspecified atom stereocenters. The summed E-state index contributed by atoms with van der Waals surface area (Å²) < 4.78 is 5.48. The van der Waals surface area contributed by atoms with Crippen molar-refractivity contribution in [2.45, 2.75) is 0 Å². The lowest BCUT2D eigenvalue weighted by Crippen LogP contribution is -2.48. The third-order valence-corrected chi connectivity index (χ3v) is 3.35. The third kappa shape index (κ3) is 3.03. The van der Waals surface area contributed by atoms with Crippen molar-refractivity contribution in [2.24, 2.45) is 5.92 Å². The van der Waals surface area contributed by atoms with Gasteiger partial charge in [0, 0.05) is 36.0 Å². The topological polar surface area (TPSA) is 54.3 Å². The van der Waals surface area contributed by atoms with E-state index in [1.54, 1.807) is 24.3 Å². The zero-order valence-electron chi connectivity index (χ0n) is 10.1. The monoisotopic (exact) mass is 300 g/mol. The van der Waals surface area contributed by atoms with Crippen molar-refractivity contribution in [2.75, 3.05) is 19.6 Å². The Hall–Kier alpha value is -1.23. The number of hydrogen-bond acceptors (Lipinski definition) is 3. The number of carbonyl (C=O) groups excluding carboxylic acids is 1. The molecular formula is C13H14Cl2N2O2. The number of furan rings is 1. The lowest BCUT2D eigenvalue weighted by atomic mass is 10.0. The van der Waals surface area contributed by atoms with E-state index in [1.165, 1.54) is 0 Å². The first-order valence-electron chi connectivity index (χ1n) is 5.90. The van der Waals surface area contributed by atoms with E-state index in [1.807, 2.05) is 0 Å². The molecule has 0 atom stereocenters. The maximum atomic E-state index is 11.9. The Morgan fingerprint density at radius 1 is 1.42 bits per heavy atom. The van der Waals surface area contributed by atoms with Crippen molar-refractivity contribution in [3.63, 3.8) is 0 Å². The molecule has 1 fully saturated rings. The fourth-order valence-electron chi connectivity index (χ4n) is 1.94. The molecule has 1 aliphatic heterocycles. The molecule has 1 amide bonds. The molecule has 1 aromatic carbocycles. The average molecular weight is 301 g/mol. The maximum absolute atomic E-state index is 11.9. The van der Waals surface area contributed by atoms with Gasteiger partial charge in [-0.05, 0) is 24.3 Å². The standard InChI is InChI=1S/C13H13ClN2O2.ClH/c14-10-1-2-11-9(3-10)4-12(18-11)13(17)16-7-8-5-15-6-8;/h1-4,8,15H,5-7H2,(H,16,17);1H. The second kappa shape index (κ2) is 5.82. The summed E-state index contributed by atoms with van der Waals surface area (Å²) in [5, 5.41) is 7.51. The van der Waals surface area contributed by atoms with Crippen LogP contribution in [0.25, 0.3) is 11.0 Å². The largest absolute Gasteiger partial charge is 0.451 e. The number of fused-ring (bicyclic) bond motifs is 1. The highest BCUT2D eigenvalue weighted by molar-refractivity contribution is 6.31. The SMILES string of the molecule is Cl.O=C(NCC1CNC1)c1cc2cc(Cl)ccc2o1. The zero-order chi connectivity index (χ0) is 12.5. The van der Waals surface area contributed by atoms with Gasteiger partial charge in [-0.1, -0.05) is 11.6 Å². The number of nitrogens with one attached hydrogen (secondary N) is 2. The zero-order valence-corrected chi connectivity index (χ0v) is 11.7. The normalized spacial score (nSPS) is 14.8. The van der Waals surface area contributed by atoms with Crippen molar-refractivity contribution in [1.29, 1.82) is 0 Å². The van der Waals surface area contributed by atoms with Crippen LogP contribution < -0.4 is 10.6 Å². The fraction of sp³-hybridized carbons (Fsp3) is 0.308. The van der Waals surface area contributed by atoms with E-state index in [2.05, 4.69) is 10.6 Å². The third-order valence-electron chi connectivity index (χ3n) is 3.12. The van der Waals surface area contributed by atoms with E-state index < -0.39 is 0 Å². The molecule has 2 N–H and O–H groups in total. The fourth-order valence-corrected chi connectivity index (χ4v) is 2.12.